The minimum atomic E-state index is -0.337. The van der Waals surface area contributed by atoms with E-state index in [1.54, 1.807) is 19.3 Å². The molecule has 6 nitrogen and oxygen atoms in total. The molecule has 0 radical (unpaired) electrons. The van der Waals surface area contributed by atoms with Gasteiger partial charge in [-0.05, 0) is 79.2 Å². The summed E-state index contributed by atoms with van der Waals surface area (Å²) in [5.41, 5.74) is 6.08. The van der Waals surface area contributed by atoms with Crippen LogP contribution < -0.4 is 15.4 Å². The van der Waals surface area contributed by atoms with Crippen molar-refractivity contribution >= 4 is 46.1 Å². The third-order valence-electron chi connectivity index (χ3n) is 5.16. The van der Waals surface area contributed by atoms with E-state index in [9.17, 15) is 4.79 Å². The van der Waals surface area contributed by atoms with Gasteiger partial charge in [-0.1, -0.05) is 30.3 Å². The Morgan fingerprint density at radius 1 is 1.06 bits per heavy atom. The molecule has 0 atom stereocenters. The molecule has 1 aromatic heterocycles. The number of carbonyl (C=O) groups excluding carboxylic acids is 1. The largest absolute Gasteiger partial charge is 0.495 e. The standard InChI is InChI=1S/C26H23N3O3S/c1-16-13-20-23(14-17(16)2)32-25(27-20)19-10-11-22(31-3)21(15-19)28-26(33)29-24(30)12-9-18-7-5-4-6-8-18/h4-15H,1-3H3,(H2,28,29,30,33). The minimum absolute atomic E-state index is 0.150. The second-order valence-corrected chi connectivity index (χ2v) is 7.93. The van der Waals surface area contributed by atoms with Gasteiger partial charge in [-0.3, -0.25) is 10.1 Å². The summed E-state index contributed by atoms with van der Waals surface area (Å²) in [4.78, 5) is 16.8. The van der Waals surface area contributed by atoms with Crippen LogP contribution in [0.2, 0.25) is 0 Å². The highest BCUT2D eigenvalue weighted by atomic mass is 32.1. The van der Waals surface area contributed by atoms with Crippen LogP contribution in [0.15, 0.2) is 71.2 Å². The lowest BCUT2D eigenvalue weighted by Gasteiger charge is -2.13. The van der Waals surface area contributed by atoms with Crippen molar-refractivity contribution in [1.82, 2.24) is 10.3 Å². The van der Waals surface area contributed by atoms with Gasteiger partial charge in [-0.15, -0.1) is 0 Å². The summed E-state index contributed by atoms with van der Waals surface area (Å²) >= 11 is 5.32. The van der Waals surface area contributed by atoms with Crippen LogP contribution in [0.25, 0.3) is 28.6 Å². The normalized spacial score (nSPS) is 11.0. The van der Waals surface area contributed by atoms with E-state index in [2.05, 4.69) is 15.6 Å². The van der Waals surface area contributed by atoms with E-state index in [0.717, 1.165) is 33.4 Å². The maximum Gasteiger partial charge on any atom is 0.250 e. The molecule has 0 saturated heterocycles. The zero-order chi connectivity index (χ0) is 23.4. The maximum atomic E-state index is 12.2. The molecule has 2 N–H and O–H groups in total. The van der Waals surface area contributed by atoms with Gasteiger partial charge < -0.3 is 14.5 Å². The molecule has 0 aliphatic rings. The fourth-order valence-electron chi connectivity index (χ4n) is 3.29. The zero-order valence-corrected chi connectivity index (χ0v) is 19.3. The minimum Gasteiger partial charge on any atom is -0.495 e. The first-order valence-electron chi connectivity index (χ1n) is 10.3. The van der Waals surface area contributed by atoms with Crippen LogP contribution in [0.1, 0.15) is 16.7 Å². The zero-order valence-electron chi connectivity index (χ0n) is 18.5. The smallest absolute Gasteiger partial charge is 0.250 e. The van der Waals surface area contributed by atoms with Crippen molar-refractivity contribution in [3.8, 4) is 17.2 Å². The second kappa shape index (κ2) is 9.67. The molecule has 0 saturated carbocycles. The summed E-state index contributed by atoms with van der Waals surface area (Å²) in [7, 11) is 1.56. The van der Waals surface area contributed by atoms with Crippen molar-refractivity contribution in [3.63, 3.8) is 0 Å². The number of thiocarbonyl (C=S) groups is 1. The van der Waals surface area contributed by atoms with Gasteiger partial charge in [0.1, 0.15) is 11.3 Å². The Balaban J connectivity index is 1.51. The van der Waals surface area contributed by atoms with E-state index in [0.29, 0.717) is 17.3 Å². The number of anilines is 1. The summed E-state index contributed by atoms with van der Waals surface area (Å²) in [6, 6.07) is 19.0. The second-order valence-electron chi connectivity index (χ2n) is 7.53. The molecule has 0 fully saturated rings. The number of hydrogen-bond donors (Lipinski definition) is 2. The lowest BCUT2D eigenvalue weighted by molar-refractivity contribution is -0.115. The van der Waals surface area contributed by atoms with Crippen LogP contribution in [0.4, 0.5) is 5.69 Å². The monoisotopic (exact) mass is 457 g/mol. The van der Waals surface area contributed by atoms with Crippen molar-refractivity contribution in [1.29, 1.82) is 0 Å². The van der Waals surface area contributed by atoms with Gasteiger partial charge in [-0.2, -0.15) is 0 Å². The van der Waals surface area contributed by atoms with Crippen molar-refractivity contribution in [2.24, 2.45) is 0 Å². The number of nitrogens with zero attached hydrogens (tertiary/aromatic N) is 1. The number of hydrogen-bond acceptors (Lipinski definition) is 5. The summed E-state index contributed by atoms with van der Waals surface area (Å²) < 4.78 is 11.4. The first-order chi connectivity index (χ1) is 15.9. The Morgan fingerprint density at radius 2 is 1.82 bits per heavy atom. The molecule has 0 unspecified atom stereocenters. The number of aromatic nitrogens is 1. The lowest BCUT2D eigenvalue weighted by Crippen LogP contribution is -2.32. The van der Waals surface area contributed by atoms with E-state index in [4.69, 9.17) is 21.4 Å². The van der Waals surface area contributed by atoms with Gasteiger partial charge >= 0.3 is 0 Å². The molecule has 0 bridgehead atoms. The Kier molecular flexibility index (Phi) is 6.51. The van der Waals surface area contributed by atoms with E-state index in [1.165, 1.54) is 6.08 Å². The number of benzene rings is 3. The van der Waals surface area contributed by atoms with E-state index in [1.807, 2.05) is 68.4 Å². The summed E-state index contributed by atoms with van der Waals surface area (Å²) in [5, 5.41) is 5.82. The Morgan fingerprint density at radius 3 is 2.58 bits per heavy atom. The van der Waals surface area contributed by atoms with Crippen molar-refractivity contribution in [2.75, 3.05) is 12.4 Å². The van der Waals surface area contributed by atoms with Gasteiger partial charge in [0.2, 0.25) is 11.8 Å². The highest BCUT2D eigenvalue weighted by molar-refractivity contribution is 7.80. The Hall–Kier alpha value is -3.97. The lowest BCUT2D eigenvalue weighted by atomic mass is 10.1. The molecule has 4 aromatic rings. The average Bonchev–Trinajstić information content (AvgIpc) is 3.21. The molecule has 3 aromatic carbocycles. The topological polar surface area (TPSA) is 76.4 Å². The number of methoxy groups -OCH3 is 1. The van der Waals surface area contributed by atoms with E-state index in [-0.39, 0.29) is 11.0 Å². The SMILES string of the molecule is COc1ccc(-c2nc3cc(C)c(C)cc3o2)cc1NC(=S)NC(=O)C=Cc1ccccc1. The van der Waals surface area contributed by atoms with Crippen LogP contribution >= 0.6 is 12.2 Å². The Bertz CT molecular complexity index is 1320. The highest BCUT2D eigenvalue weighted by Gasteiger charge is 2.14. The van der Waals surface area contributed by atoms with Crippen molar-refractivity contribution in [2.45, 2.75) is 13.8 Å². The Labute approximate surface area is 197 Å². The molecule has 1 amide bonds. The number of amides is 1. The summed E-state index contributed by atoms with van der Waals surface area (Å²) in [6.07, 6.45) is 3.15. The van der Waals surface area contributed by atoms with E-state index < -0.39 is 0 Å². The molecule has 7 heteroatoms. The summed E-state index contributed by atoms with van der Waals surface area (Å²) in [5.74, 6) is 0.718. The molecule has 33 heavy (non-hydrogen) atoms. The molecule has 4 rings (SSSR count). The number of carbonyl (C=O) groups is 1. The van der Waals surface area contributed by atoms with Crippen LogP contribution in [0.3, 0.4) is 0 Å². The molecule has 166 valence electrons. The quantitative estimate of drug-likeness (QED) is 0.298. The van der Waals surface area contributed by atoms with Gasteiger partial charge in [0.05, 0.1) is 12.8 Å². The van der Waals surface area contributed by atoms with Crippen LogP contribution in [-0.2, 0) is 4.79 Å². The molecular weight excluding hydrogens is 434 g/mol. The number of oxazole rings is 1. The van der Waals surface area contributed by atoms with Gasteiger partial charge in [0.25, 0.3) is 0 Å². The van der Waals surface area contributed by atoms with Crippen LogP contribution in [-0.4, -0.2) is 23.1 Å². The highest BCUT2D eigenvalue weighted by Crippen LogP contribution is 2.32. The predicted octanol–water partition coefficient (Wildman–Crippen LogP) is 5.65. The fraction of sp³-hybridized carbons (Fsp3) is 0.115. The number of fused-ring (bicyclic) bond motifs is 1. The molecule has 0 aliphatic heterocycles. The maximum absolute atomic E-state index is 12.2. The number of aryl methyl sites for hydroxylation is 2. The van der Waals surface area contributed by atoms with Crippen LogP contribution in [0.5, 0.6) is 5.75 Å². The number of rotatable bonds is 5. The molecule has 0 aliphatic carbocycles. The molecule has 1 heterocycles. The fourth-order valence-corrected chi connectivity index (χ4v) is 3.50. The first-order valence-corrected chi connectivity index (χ1v) is 10.7. The number of nitrogens with one attached hydrogen (secondary N) is 2. The third-order valence-corrected chi connectivity index (χ3v) is 5.37. The van der Waals surface area contributed by atoms with Gasteiger partial charge in [0.15, 0.2) is 10.7 Å². The average molecular weight is 458 g/mol. The molecule has 0 spiro atoms. The third kappa shape index (κ3) is 5.27. The summed E-state index contributed by atoms with van der Waals surface area (Å²) in [6.45, 7) is 4.08. The number of ether oxygens (including phenoxy) is 1. The predicted molar refractivity (Wildman–Crippen MR) is 135 cm³/mol. The molecular formula is C26H23N3O3S. The van der Waals surface area contributed by atoms with Gasteiger partial charge in [-0.25, -0.2) is 4.98 Å². The first kappa shape index (κ1) is 22.2. The van der Waals surface area contributed by atoms with Crippen molar-refractivity contribution < 1.29 is 13.9 Å². The van der Waals surface area contributed by atoms with Crippen LogP contribution in [0, 0.1) is 13.8 Å². The van der Waals surface area contributed by atoms with E-state index >= 15 is 0 Å². The van der Waals surface area contributed by atoms with Crippen molar-refractivity contribution in [3.05, 3.63) is 83.4 Å². The van der Waals surface area contributed by atoms with Gasteiger partial charge in [0, 0.05) is 11.6 Å².